The number of amides is 1. The maximum absolute atomic E-state index is 12.1. The van der Waals surface area contributed by atoms with Crippen LogP contribution in [0.2, 0.25) is 10.0 Å². The van der Waals surface area contributed by atoms with Crippen molar-refractivity contribution in [1.29, 1.82) is 0 Å². The van der Waals surface area contributed by atoms with Gasteiger partial charge < -0.3 is 11.1 Å². The van der Waals surface area contributed by atoms with E-state index >= 15 is 0 Å². The largest absolute Gasteiger partial charge is 0.396 e. The lowest BCUT2D eigenvalue weighted by Crippen LogP contribution is -2.27. The Morgan fingerprint density at radius 2 is 1.81 bits per heavy atom. The van der Waals surface area contributed by atoms with Gasteiger partial charge in [-0.1, -0.05) is 55.8 Å². The molecular weight excluding hydrogens is 307 g/mol. The fourth-order valence-corrected chi connectivity index (χ4v) is 3.31. The second kappa shape index (κ2) is 7.37. The molecule has 0 aromatic heterocycles. The predicted octanol–water partition coefficient (Wildman–Crippen LogP) is 4.52. The number of anilines is 1. The molecule has 0 atom stereocenters. The molecule has 1 saturated carbocycles. The summed E-state index contributed by atoms with van der Waals surface area (Å²) in [6, 6.07) is 3.11. The van der Waals surface area contributed by atoms with Gasteiger partial charge in [-0.15, -0.1) is 0 Å². The first-order valence-corrected chi connectivity index (χ1v) is 8.25. The molecule has 0 spiro atoms. The molecule has 0 radical (unpaired) electrons. The zero-order valence-electron chi connectivity index (χ0n) is 12.3. The molecule has 3 N–H and O–H groups in total. The average molecular weight is 329 g/mol. The van der Waals surface area contributed by atoms with Crippen LogP contribution in [0.1, 0.15) is 49.4 Å². The van der Waals surface area contributed by atoms with Crippen LogP contribution in [-0.4, -0.2) is 12.5 Å². The molecule has 1 amide bonds. The van der Waals surface area contributed by atoms with E-state index in [2.05, 4.69) is 12.2 Å². The van der Waals surface area contributed by atoms with Gasteiger partial charge in [0.1, 0.15) is 0 Å². The molecule has 2 rings (SSSR count). The molecule has 0 bridgehead atoms. The van der Waals surface area contributed by atoms with Crippen LogP contribution in [0.3, 0.4) is 0 Å². The molecule has 0 aliphatic heterocycles. The van der Waals surface area contributed by atoms with Gasteiger partial charge >= 0.3 is 0 Å². The molecule has 1 fully saturated rings. The summed E-state index contributed by atoms with van der Waals surface area (Å²) >= 11 is 11.9. The highest BCUT2D eigenvalue weighted by Gasteiger charge is 2.18. The van der Waals surface area contributed by atoms with Crippen molar-refractivity contribution in [3.8, 4) is 0 Å². The van der Waals surface area contributed by atoms with E-state index in [1.165, 1.54) is 25.7 Å². The number of nitrogen functional groups attached to an aromatic ring is 1. The second-order valence-corrected chi connectivity index (χ2v) is 6.84. The molecule has 0 heterocycles. The first-order valence-electron chi connectivity index (χ1n) is 7.50. The summed E-state index contributed by atoms with van der Waals surface area (Å²) in [4.78, 5) is 12.1. The van der Waals surface area contributed by atoms with Crippen molar-refractivity contribution in [3.63, 3.8) is 0 Å². The fraction of sp³-hybridized carbons (Fsp3) is 0.562. The number of benzene rings is 1. The Hall–Kier alpha value is -0.930. The number of carbonyl (C=O) groups excluding carboxylic acids is 1. The number of nitrogens with one attached hydrogen (secondary N) is 1. The van der Waals surface area contributed by atoms with Crippen molar-refractivity contribution in [1.82, 2.24) is 5.32 Å². The predicted molar refractivity (Wildman–Crippen MR) is 88.9 cm³/mol. The Kier molecular flexibility index (Phi) is 5.77. The van der Waals surface area contributed by atoms with Gasteiger partial charge in [0.05, 0.1) is 15.7 Å². The van der Waals surface area contributed by atoms with E-state index in [1.54, 1.807) is 12.1 Å². The molecule has 1 aromatic rings. The Morgan fingerprint density at radius 3 is 2.38 bits per heavy atom. The molecule has 3 nitrogen and oxygen atoms in total. The average Bonchev–Trinajstić information content (AvgIpc) is 2.46. The molecule has 5 heteroatoms. The van der Waals surface area contributed by atoms with Gasteiger partial charge in [0.15, 0.2) is 0 Å². The van der Waals surface area contributed by atoms with E-state index < -0.39 is 0 Å². The van der Waals surface area contributed by atoms with E-state index in [0.29, 0.717) is 27.8 Å². The van der Waals surface area contributed by atoms with Crippen LogP contribution in [0.25, 0.3) is 0 Å². The number of halogens is 2. The van der Waals surface area contributed by atoms with E-state index in [1.807, 2.05) is 0 Å². The molecule has 0 saturated heterocycles. The SMILES string of the molecule is CC1CCC(CCNC(=O)c2cc(Cl)c(N)c(Cl)c2)CC1. The topological polar surface area (TPSA) is 55.1 Å². The highest BCUT2D eigenvalue weighted by molar-refractivity contribution is 6.39. The van der Waals surface area contributed by atoms with Crippen molar-refractivity contribution >= 4 is 34.8 Å². The summed E-state index contributed by atoms with van der Waals surface area (Å²) in [5.74, 6) is 1.44. The van der Waals surface area contributed by atoms with Crippen LogP contribution < -0.4 is 11.1 Å². The molecule has 1 aromatic carbocycles. The molecule has 1 aliphatic rings. The number of nitrogens with two attached hydrogens (primary N) is 1. The van der Waals surface area contributed by atoms with Gasteiger partial charge in [-0.25, -0.2) is 0 Å². The number of hydrogen-bond donors (Lipinski definition) is 2. The van der Waals surface area contributed by atoms with Crippen LogP contribution >= 0.6 is 23.2 Å². The molecule has 0 unspecified atom stereocenters. The lowest BCUT2D eigenvalue weighted by atomic mass is 9.81. The summed E-state index contributed by atoms with van der Waals surface area (Å²) in [5, 5.41) is 3.56. The molecule has 116 valence electrons. The van der Waals surface area contributed by atoms with Crippen LogP contribution in [0.15, 0.2) is 12.1 Å². The minimum Gasteiger partial charge on any atom is -0.396 e. The maximum Gasteiger partial charge on any atom is 0.251 e. The number of carbonyl (C=O) groups is 1. The summed E-state index contributed by atoms with van der Waals surface area (Å²) in [7, 11) is 0. The van der Waals surface area contributed by atoms with E-state index in [0.717, 1.165) is 18.3 Å². The monoisotopic (exact) mass is 328 g/mol. The molecular formula is C16H22Cl2N2O. The van der Waals surface area contributed by atoms with Crippen molar-refractivity contribution in [2.45, 2.75) is 39.0 Å². The summed E-state index contributed by atoms with van der Waals surface area (Å²) in [6.07, 6.45) is 6.20. The van der Waals surface area contributed by atoms with E-state index in [4.69, 9.17) is 28.9 Å². The van der Waals surface area contributed by atoms with E-state index in [-0.39, 0.29) is 5.91 Å². The summed E-state index contributed by atoms with van der Waals surface area (Å²) in [5.41, 5.74) is 6.43. The smallest absolute Gasteiger partial charge is 0.251 e. The Morgan fingerprint density at radius 1 is 1.24 bits per heavy atom. The Bertz CT molecular complexity index is 488. The van der Waals surface area contributed by atoms with Crippen LogP contribution in [0, 0.1) is 11.8 Å². The van der Waals surface area contributed by atoms with Crippen molar-refractivity contribution < 1.29 is 4.79 Å². The first-order chi connectivity index (χ1) is 9.97. The van der Waals surface area contributed by atoms with Crippen LogP contribution in [0.5, 0.6) is 0 Å². The third-order valence-corrected chi connectivity index (χ3v) is 4.94. The Labute approximate surface area is 136 Å². The van der Waals surface area contributed by atoms with Gasteiger partial charge in [-0.05, 0) is 30.4 Å². The lowest BCUT2D eigenvalue weighted by Gasteiger charge is -2.26. The fourth-order valence-electron chi connectivity index (χ4n) is 2.83. The van der Waals surface area contributed by atoms with Gasteiger partial charge in [0.2, 0.25) is 0 Å². The van der Waals surface area contributed by atoms with Crippen molar-refractivity contribution in [2.24, 2.45) is 11.8 Å². The standard InChI is InChI=1S/C16H22Cl2N2O/c1-10-2-4-11(5-3-10)6-7-20-16(21)12-8-13(17)15(19)14(18)9-12/h8-11H,2-7,19H2,1H3,(H,20,21). The van der Waals surface area contributed by atoms with Crippen LogP contribution in [0.4, 0.5) is 5.69 Å². The van der Waals surface area contributed by atoms with Gasteiger partial charge in [0, 0.05) is 12.1 Å². The normalized spacial score (nSPS) is 22.0. The minimum absolute atomic E-state index is 0.150. The number of hydrogen-bond acceptors (Lipinski definition) is 2. The molecule has 1 aliphatic carbocycles. The highest BCUT2D eigenvalue weighted by Crippen LogP contribution is 2.30. The minimum atomic E-state index is -0.150. The molecule has 21 heavy (non-hydrogen) atoms. The Balaban J connectivity index is 1.82. The maximum atomic E-state index is 12.1. The number of rotatable bonds is 4. The lowest BCUT2D eigenvalue weighted by molar-refractivity contribution is 0.0949. The summed E-state index contributed by atoms with van der Waals surface area (Å²) in [6.45, 7) is 3.00. The van der Waals surface area contributed by atoms with E-state index in [9.17, 15) is 4.79 Å². The van der Waals surface area contributed by atoms with Gasteiger partial charge in [-0.2, -0.15) is 0 Å². The van der Waals surface area contributed by atoms with Gasteiger partial charge in [0.25, 0.3) is 5.91 Å². The second-order valence-electron chi connectivity index (χ2n) is 6.02. The zero-order valence-corrected chi connectivity index (χ0v) is 13.8. The quantitative estimate of drug-likeness (QED) is 0.798. The summed E-state index contributed by atoms with van der Waals surface area (Å²) < 4.78 is 0. The zero-order chi connectivity index (χ0) is 15.4. The van der Waals surface area contributed by atoms with Gasteiger partial charge in [-0.3, -0.25) is 4.79 Å². The van der Waals surface area contributed by atoms with Crippen molar-refractivity contribution in [3.05, 3.63) is 27.7 Å². The van der Waals surface area contributed by atoms with Crippen molar-refractivity contribution in [2.75, 3.05) is 12.3 Å². The first kappa shape index (κ1) is 16.4. The van der Waals surface area contributed by atoms with Crippen LogP contribution in [-0.2, 0) is 0 Å². The third-order valence-electron chi connectivity index (χ3n) is 4.31. The third kappa shape index (κ3) is 4.52. The highest BCUT2D eigenvalue weighted by atomic mass is 35.5.